The first kappa shape index (κ1) is 13.7. The number of aryl methyl sites for hydroxylation is 3. The van der Waals surface area contributed by atoms with Gasteiger partial charge in [0.2, 0.25) is 0 Å². The second kappa shape index (κ2) is 6.01. The Hall–Kier alpha value is -1.28. The molecule has 1 heterocycles. The summed E-state index contributed by atoms with van der Waals surface area (Å²) in [5.74, 6) is 0. The number of rotatable bonds is 4. The van der Waals surface area contributed by atoms with Crippen LogP contribution >= 0.6 is 0 Å². The van der Waals surface area contributed by atoms with Crippen LogP contribution in [0.25, 0.3) is 10.9 Å². The number of H-pyrrole nitrogens is 1. The number of hydrogen-bond donors (Lipinski definition) is 2. The number of likely N-dealkylation sites (N-methyl/N-ethyl adjacent to an activating group) is 1. The van der Waals surface area contributed by atoms with Gasteiger partial charge in [-0.3, -0.25) is 0 Å². The van der Waals surface area contributed by atoms with E-state index in [0.717, 1.165) is 19.5 Å². The number of aromatic amines is 1. The number of nitrogens with one attached hydrogen (secondary N) is 2. The summed E-state index contributed by atoms with van der Waals surface area (Å²) in [6.07, 6.45) is 7.74. The van der Waals surface area contributed by atoms with E-state index >= 15 is 0 Å². The molecule has 1 aliphatic rings. The molecule has 1 aromatic heterocycles. The minimum Gasteiger partial charge on any atom is -0.358 e. The highest BCUT2D eigenvalue weighted by Gasteiger charge is 2.13. The lowest BCUT2D eigenvalue weighted by Crippen LogP contribution is -2.16. The molecule has 0 atom stereocenters. The van der Waals surface area contributed by atoms with Gasteiger partial charge < -0.3 is 10.3 Å². The van der Waals surface area contributed by atoms with E-state index < -0.39 is 0 Å². The van der Waals surface area contributed by atoms with Crippen molar-refractivity contribution in [2.45, 2.75) is 52.4 Å². The third kappa shape index (κ3) is 2.62. The lowest BCUT2D eigenvalue weighted by atomic mass is 9.98. The average Bonchev–Trinajstić information content (AvgIpc) is 2.62. The molecule has 0 saturated heterocycles. The van der Waals surface area contributed by atoms with Gasteiger partial charge in [0.1, 0.15) is 0 Å². The number of benzene rings is 1. The van der Waals surface area contributed by atoms with Gasteiger partial charge in [0.15, 0.2) is 0 Å². The Bertz CT molecular complexity index is 595. The third-order valence-electron chi connectivity index (χ3n) is 4.63. The highest BCUT2D eigenvalue weighted by molar-refractivity contribution is 5.86. The Kier molecular flexibility index (Phi) is 4.11. The summed E-state index contributed by atoms with van der Waals surface area (Å²) < 4.78 is 0. The maximum absolute atomic E-state index is 3.60. The number of fused-ring (bicyclic) bond motifs is 2. The molecule has 2 aromatic rings. The number of hydrogen-bond acceptors (Lipinski definition) is 1. The highest BCUT2D eigenvalue weighted by atomic mass is 14.8. The van der Waals surface area contributed by atoms with Gasteiger partial charge in [-0.2, -0.15) is 0 Å². The predicted molar refractivity (Wildman–Crippen MR) is 86.5 cm³/mol. The Morgan fingerprint density at radius 3 is 2.60 bits per heavy atom. The SMILES string of the molecule is CCNCCc1c(C)[nH]c2cc3c(cc12)CCCCC3. The van der Waals surface area contributed by atoms with Crippen molar-refractivity contribution < 1.29 is 0 Å². The van der Waals surface area contributed by atoms with Crippen LogP contribution in [-0.2, 0) is 19.3 Å². The van der Waals surface area contributed by atoms with Gasteiger partial charge in [-0.25, -0.2) is 0 Å². The third-order valence-corrected chi connectivity index (χ3v) is 4.63. The standard InChI is InChI=1S/C18H26N2/c1-3-19-10-9-16-13(2)20-18-12-15-8-6-4-5-7-14(15)11-17(16)18/h11-12,19-20H,3-10H2,1-2H3. The average molecular weight is 270 g/mol. The summed E-state index contributed by atoms with van der Waals surface area (Å²) in [4.78, 5) is 3.60. The predicted octanol–water partition coefficient (Wildman–Crippen LogP) is 3.90. The molecule has 0 radical (unpaired) electrons. The van der Waals surface area contributed by atoms with E-state index in [1.54, 1.807) is 11.1 Å². The molecular weight excluding hydrogens is 244 g/mol. The van der Waals surface area contributed by atoms with Crippen LogP contribution in [-0.4, -0.2) is 18.1 Å². The largest absolute Gasteiger partial charge is 0.358 e. The van der Waals surface area contributed by atoms with Crippen LogP contribution in [0, 0.1) is 6.92 Å². The molecule has 1 aliphatic carbocycles. The second-order valence-electron chi connectivity index (χ2n) is 6.06. The van der Waals surface area contributed by atoms with E-state index in [1.165, 1.54) is 54.3 Å². The van der Waals surface area contributed by atoms with Crippen LogP contribution in [0.5, 0.6) is 0 Å². The minimum absolute atomic E-state index is 1.05. The molecule has 0 saturated carbocycles. The lowest BCUT2D eigenvalue weighted by molar-refractivity contribution is 0.711. The maximum atomic E-state index is 3.60. The molecule has 1 aromatic carbocycles. The molecule has 0 aliphatic heterocycles. The van der Waals surface area contributed by atoms with Crippen molar-refractivity contribution in [1.82, 2.24) is 10.3 Å². The molecule has 0 bridgehead atoms. The fourth-order valence-corrected chi connectivity index (χ4v) is 3.51. The first-order valence-electron chi connectivity index (χ1n) is 8.13. The van der Waals surface area contributed by atoms with E-state index in [1.807, 2.05) is 0 Å². The molecule has 20 heavy (non-hydrogen) atoms. The Balaban J connectivity index is 1.98. The Labute approximate surface area is 122 Å². The summed E-state index contributed by atoms with van der Waals surface area (Å²) in [6, 6.07) is 4.89. The van der Waals surface area contributed by atoms with E-state index in [2.05, 4.69) is 36.3 Å². The van der Waals surface area contributed by atoms with Gasteiger partial charge in [0, 0.05) is 16.6 Å². The fraction of sp³-hybridized carbons (Fsp3) is 0.556. The molecule has 108 valence electrons. The van der Waals surface area contributed by atoms with E-state index in [4.69, 9.17) is 0 Å². The molecule has 0 amide bonds. The van der Waals surface area contributed by atoms with Crippen molar-refractivity contribution in [1.29, 1.82) is 0 Å². The number of aromatic nitrogens is 1. The smallest absolute Gasteiger partial charge is 0.0461 e. The summed E-state index contributed by atoms with van der Waals surface area (Å²) in [6.45, 7) is 6.51. The Morgan fingerprint density at radius 2 is 1.85 bits per heavy atom. The molecule has 0 unspecified atom stereocenters. The van der Waals surface area contributed by atoms with Gasteiger partial charge in [-0.1, -0.05) is 13.3 Å². The van der Waals surface area contributed by atoms with Gasteiger partial charge in [-0.05, 0) is 80.9 Å². The van der Waals surface area contributed by atoms with Crippen LogP contribution in [0.4, 0.5) is 0 Å². The monoisotopic (exact) mass is 270 g/mol. The quantitative estimate of drug-likeness (QED) is 0.640. The normalized spacial score (nSPS) is 15.3. The van der Waals surface area contributed by atoms with Gasteiger partial charge >= 0.3 is 0 Å². The van der Waals surface area contributed by atoms with Crippen molar-refractivity contribution in [3.63, 3.8) is 0 Å². The first-order chi connectivity index (χ1) is 9.79. The minimum atomic E-state index is 1.05. The van der Waals surface area contributed by atoms with Crippen LogP contribution in [0.1, 0.15) is 48.6 Å². The maximum Gasteiger partial charge on any atom is 0.0461 e. The van der Waals surface area contributed by atoms with E-state index in [0.29, 0.717) is 0 Å². The molecular formula is C18H26N2. The van der Waals surface area contributed by atoms with Crippen LogP contribution in [0.3, 0.4) is 0 Å². The summed E-state index contributed by atoms with van der Waals surface area (Å²) >= 11 is 0. The molecule has 0 spiro atoms. The van der Waals surface area contributed by atoms with Crippen LogP contribution in [0.15, 0.2) is 12.1 Å². The van der Waals surface area contributed by atoms with E-state index in [-0.39, 0.29) is 0 Å². The Morgan fingerprint density at radius 1 is 1.10 bits per heavy atom. The first-order valence-corrected chi connectivity index (χ1v) is 8.13. The molecule has 3 rings (SSSR count). The van der Waals surface area contributed by atoms with Crippen molar-refractivity contribution in [2.24, 2.45) is 0 Å². The summed E-state index contributed by atoms with van der Waals surface area (Å²) in [5, 5.41) is 4.90. The van der Waals surface area contributed by atoms with Crippen LogP contribution < -0.4 is 5.32 Å². The topological polar surface area (TPSA) is 27.8 Å². The van der Waals surface area contributed by atoms with Gasteiger partial charge in [-0.15, -0.1) is 0 Å². The second-order valence-corrected chi connectivity index (χ2v) is 6.06. The van der Waals surface area contributed by atoms with Crippen molar-refractivity contribution in [3.05, 3.63) is 34.5 Å². The van der Waals surface area contributed by atoms with Crippen molar-refractivity contribution >= 4 is 10.9 Å². The van der Waals surface area contributed by atoms with Gasteiger partial charge in [0.25, 0.3) is 0 Å². The van der Waals surface area contributed by atoms with Crippen molar-refractivity contribution in [3.8, 4) is 0 Å². The molecule has 2 heteroatoms. The van der Waals surface area contributed by atoms with Crippen LogP contribution in [0.2, 0.25) is 0 Å². The molecule has 0 fully saturated rings. The van der Waals surface area contributed by atoms with E-state index in [9.17, 15) is 0 Å². The van der Waals surface area contributed by atoms with Gasteiger partial charge in [0.05, 0.1) is 0 Å². The molecule has 2 N–H and O–H groups in total. The zero-order chi connectivity index (χ0) is 13.9. The zero-order valence-electron chi connectivity index (χ0n) is 12.8. The lowest BCUT2D eigenvalue weighted by Gasteiger charge is -2.07. The van der Waals surface area contributed by atoms with Crippen molar-refractivity contribution in [2.75, 3.05) is 13.1 Å². The molecule has 2 nitrogen and oxygen atoms in total. The highest BCUT2D eigenvalue weighted by Crippen LogP contribution is 2.29. The fourth-order valence-electron chi connectivity index (χ4n) is 3.51. The summed E-state index contributed by atoms with van der Waals surface area (Å²) in [7, 11) is 0. The zero-order valence-corrected chi connectivity index (χ0v) is 12.8. The summed E-state index contributed by atoms with van der Waals surface area (Å²) in [5.41, 5.74) is 7.37.